The zero-order chi connectivity index (χ0) is 14.4. The van der Waals surface area contributed by atoms with Crippen LogP contribution in [-0.2, 0) is 9.59 Å². The molecule has 0 unspecified atom stereocenters. The number of aromatic nitrogens is 1. The van der Waals surface area contributed by atoms with Gasteiger partial charge in [-0.3, -0.25) is 9.59 Å². The molecule has 6 heteroatoms. The van der Waals surface area contributed by atoms with E-state index in [1.165, 1.54) is 6.26 Å². The molecule has 1 aliphatic rings. The highest BCUT2D eigenvalue weighted by Crippen LogP contribution is 2.31. The van der Waals surface area contributed by atoms with E-state index in [2.05, 4.69) is 21.9 Å². The number of rotatable bonds is 8. The van der Waals surface area contributed by atoms with Crippen LogP contribution in [0.15, 0.2) is 16.9 Å². The van der Waals surface area contributed by atoms with Crippen molar-refractivity contribution < 1.29 is 14.1 Å². The molecular weight excluding hydrogens is 258 g/mol. The summed E-state index contributed by atoms with van der Waals surface area (Å²) in [4.78, 5) is 25.7. The zero-order valence-corrected chi connectivity index (χ0v) is 11.8. The Labute approximate surface area is 118 Å². The standard InChI is InChI=1S/C14H21N3O3/c1-2-3-4-8-17(14(19)11-5-6-11)10-13(18)15-12-7-9-20-16-12/h7,9,11H,2-6,8,10H2,1H3,(H,15,16,18). The first-order valence-electron chi connectivity index (χ1n) is 7.19. The highest BCUT2D eigenvalue weighted by atomic mass is 16.5. The van der Waals surface area contributed by atoms with Crippen LogP contribution < -0.4 is 5.32 Å². The molecule has 110 valence electrons. The monoisotopic (exact) mass is 279 g/mol. The van der Waals surface area contributed by atoms with Crippen LogP contribution in [0.3, 0.4) is 0 Å². The second kappa shape index (κ2) is 7.07. The lowest BCUT2D eigenvalue weighted by Crippen LogP contribution is -2.39. The van der Waals surface area contributed by atoms with Crippen molar-refractivity contribution in [3.8, 4) is 0 Å². The molecule has 1 fully saturated rings. The van der Waals surface area contributed by atoms with Gasteiger partial charge < -0.3 is 14.7 Å². The van der Waals surface area contributed by atoms with Gasteiger partial charge in [-0.1, -0.05) is 24.9 Å². The van der Waals surface area contributed by atoms with Gasteiger partial charge >= 0.3 is 0 Å². The average Bonchev–Trinajstić information content (AvgIpc) is 3.16. The van der Waals surface area contributed by atoms with Gasteiger partial charge in [0.2, 0.25) is 11.8 Å². The van der Waals surface area contributed by atoms with Crippen molar-refractivity contribution in [1.29, 1.82) is 0 Å². The largest absolute Gasteiger partial charge is 0.363 e. The van der Waals surface area contributed by atoms with Crippen LogP contribution in [0.5, 0.6) is 0 Å². The summed E-state index contributed by atoms with van der Waals surface area (Å²) in [6.45, 7) is 2.85. The molecular formula is C14H21N3O3. The molecule has 0 atom stereocenters. The highest BCUT2D eigenvalue weighted by Gasteiger charge is 2.33. The molecule has 0 spiro atoms. The van der Waals surface area contributed by atoms with E-state index >= 15 is 0 Å². The minimum Gasteiger partial charge on any atom is -0.363 e. The summed E-state index contributed by atoms with van der Waals surface area (Å²) in [6.07, 6.45) is 6.40. The first-order valence-corrected chi connectivity index (χ1v) is 7.19. The van der Waals surface area contributed by atoms with Gasteiger partial charge in [0.1, 0.15) is 6.26 Å². The fourth-order valence-electron chi connectivity index (χ4n) is 2.04. The lowest BCUT2D eigenvalue weighted by molar-refractivity contribution is -0.135. The number of carbonyl (C=O) groups excluding carboxylic acids is 2. The number of anilines is 1. The molecule has 1 aliphatic carbocycles. The molecule has 2 amide bonds. The summed E-state index contributed by atoms with van der Waals surface area (Å²) in [6, 6.07) is 1.57. The van der Waals surface area contributed by atoms with E-state index in [1.807, 2.05) is 0 Å². The van der Waals surface area contributed by atoms with Gasteiger partial charge in [-0.05, 0) is 19.3 Å². The van der Waals surface area contributed by atoms with Gasteiger partial charge in [0, 0.05) is 18.5 Å². The fourth-order valence-corrected chi connectivity index (χ4v) is 2.04. The molecule has 2 rings (SSSR count). The smallest absolute Gasteiger partial charge is 0.245 e. The summed E-state index contributed by atoms with van der Waals surface area (Å²) < 4.78 is 4.65. The Morgan fingerprint density at radius 1 is 1.45 bits per heavy atom. The van der Waals surface area contributed by atoms with Crippen LogP contribution >= 0.6 is 0 Å². The molecule has 0 saturated heterocycles. The lowest BCUT2D eigenvalue weighted by atomic mass is 10.2. The maximum Gasteiger partial charge on any atom is 0.245 e. The Morgan fingerprint density at radius 2 is 2.25 bits per heavy atom. The van der Waals surface area contributed by atoms with Crippen LogP contribution in [0.2, 0.25) is 0 Å². The second-order valence-electron chi connectivity index (χ2n) is 5.17. The normalized spacial score (nSPS) is 14.1. The average molecular weight is 279 g/mol. The molecule has 0 bridgehead atoms. The van der Waals surface area contributed by atoms with E-state index in [-0.39, 0.29) is 24.3 Å². The van der Waals surface area contributed by atoms with Crippen molar-refractivity contribution in [3.05, 3.63) is 12.3 Å². The molecule has 1 heterocycles. The van der Waals surface area contributed by atoms with E-state index < -0.39 is 0 Å². The Hall–Kier alpha value is -1.85. The first kappa shape index (κ1) is 14.6. The number of nitrogens with zero attached hydrogens (tertiary/aromatic N) is 2. The van der Waals surface area contributed by atoms with E-state index in [9.17, 15) is 9.59 Å². The topological polar surface area (TPSA) is 75.4 Å². The summed E-state index contributed by atoms with van der Waals surface area (Å²) >= 11 is 0. The third kappa shape index (κ3) is 4.36. The molecule has 1 N–H and O–H groups in total. The van der Waals surface area contributed by atoms with Gasteiger partial charge in [0.05, 0.1) is 6.54 Å². The van der Waals surface area contributed by atoms with Crippen molar-refractivity contribution in [2.75, 3.05) is 18.4 Å². The lowest BCUT2D eigenvalue weighted by Gasteiger charge is -2.21. The Morgan fingerprint density at radius 3 is 2.85 bits per heavy atom. The Kier molecular flexibility index (Phi) is 5.15. The van der Waals surface area contributed by atoms with Gasteiger partial charge in [-0.15, -0.1) is 0 Å². The SMILES string of the molecule is CCCCCN(CC(=O)Nc1ccon1)C(=O)C1CC1. The first-order chi connectivity index (χ1) is 9.70. The quantitative estimate of drug-likeness (QED) is 0.739. The molecule has 0 aliphatic heterocycles. The van der Waals surface area contributed by atoms with Gasteiger partial charge in [-0.2, -0.15) is 0 Å². The van der Waals surface area contributed by atoms with Gasteiger partial charge in [-0.25, -0.2) is 0 Å². The number of carbonyl (C=O) groups is 2. The number of unbranched alkanes of at least 4 members (excludes halogenated alkanes) is 2. The van der Waals surface area contributed by atoms with Crippen LogP contribution in [0.1, 0.15) is 39.0 Å². The number of hydrogen-bond acceptors (Lipinski definition) is 4. The maximum atomic E-state index is 12.1. The van der Waals surface area contributed by atoms with E-state index in [0.717, 1.165) is 32.1 Å². The molecule has 1 aromatic rings. The summed E-state index contributed by atoms with van der Waals surface area (Å²) in [5, 5.41) is 6.24. The molecule has 20 heavy (non-hydrogen) atoms. The van der Waals surface area contributed by atoms with Crippen molar-refractivity contribution in [2.45, 2.75) is 39.0 Å². The molecule has 1 aromatic heterocycles. The fraction of sp³-hybridized carbons (Fsp3) is 0.643. The predicted molar refractivity (Wildman–Crippen MR) is 74.0 cm³/mol. The van der Waals surface area contributed by atoms with Gasteiger partial charge in [0.25, 0.3) is 0 Å². The van der Waals surface area contributed by atoms with Crippen LogP contribution in [0, 0.1) is 5.92 Å². The molecule has 1 saturated carbocycles. The third-order valence-electron chi connectivity index (χ3n) is 3.31. The zero-order valence-electron chi connectivity index (χ0n) is 11.8. The van der Waals surface area contributed by atoms with Crippen LogP contribution in [-0.4, -0.2) is 35.0 Å². The van der Waals surface area contributed by atoms with E-state index in [4.69, 9.17) is 0 Å². The van der Waals surface area contributed by atoms with E-state index in [1.54, 1.807) is 11.0 Å². The minimum atomic E-state index is -0.232. The summed E-state index contributed by atoms with van der Waals surface area (Å²) in [7, 11) is 0. The van der Waals surface area contributed by atoms with Crippen molar-refractivity contribution >= 4 is 17.6 Å². The predicted octanol–water partition coefficient (Wildman–Crippen LogP) is 2.04. The van der Waals surface area contributed by atoms with Crippen molar-refractivity contribution in [2.24, 2.45) is 5.92 Å². The molecule has 6 nitrogen and oxygen atoms in total. The summed E-state index contributed by atoms with van der Waals surface area (Å²) in [5.74, 6) is 0.389. The van der Waals surface area contributed by atoms with Crippen LogP contribution in [0.4, 0.5) is 5.82 Å². The number of hydrogen-bond donors (Lipinski definition) is 1. The second-order valence-corrected chi connectivity index (χ2v) is 5.17. The maximum absolute atomic E-state index is 12.1. The number of nitrogens with one attached hydrogen (secondary N) is 1. The molecule has 0 aromatic carbocycles. The van der Waals surface area contributed by atoms with E-state index in [0.29, 0.717) is 12.4 Å². The van der Waals surface area contributed by atoms with Gasteiger partial charge in [0.15, 0.2) is 5.82 Å². The molecule has 0 radical (unpaired) electrons. The minimum absolute atomic E-state index is 0.0892. The Bertz CT molecular complexity index is 441. The van der Waals surface area contributed by atoms with Crippen molar-refractivity contribution in [3.63, 3.8) is 0 Å². The number of amides is 2. The third-order valence-corrected chi connectivity index (χ3v) is 3.31. The van der Waals surface area contributed by atoms with Crippen LogP contribution in [0.25, 0.3) is 0 Å². The van der Waals surface area contributed by atoms with Crippen molar-refractivity contribution in [1.82, 2.24) is 10.1 Å². The Balaban J connectivity index is 1.85. The highest BCUT2D eigenvalue weighted by molar-refractivity contribution is 5.94. The summed E-state index contributed by atoms with van der Waals surface area (Å²) in [5.41, 5.74) is 0.